The monoisotopic (exact) mass is 466 g/mol. The number of esters is 1. The zero-order chi connectivity index (χ0) is 21.7. The van der Waals surface area contributed by atoms with Crippen molar-refractivity contribution in [2.75, 3.05) is 20.8 Å². The van der Waals surface area contributed by atoms with E-state index in [0.717, 1.165) is 0 Å². The molecule has 156 valence electrons. The molecule has 7 nitrogen and oxygen atoms in total. The van der Waals surface area contributed by atoms with E-state index in [9.17, 15) is 9.59 Å². The fourth-order valence-corrected chi connectivity index (χ4v) is 3.58. The van der Waals surface area contributed by atoms with E-state index in [1.54, 1.807) is 42.5 Å². The summed E-state index contributed by atoms with van der Waals surface area (Å²) in [6.45, 7) is -0.239. The van der Waals surface area contributed by atoms with E-state index in [4.69, 9.17) is 32.7 Å². The summed E-state index contributed by atoms with van der Waals surface area (Å²) in [4.78, 5) is 28.4. The second-order valence-corrected chi connectivity index (χ2v) is 7.65. The number of amides is 1. The molecule has 0 aromatic heterocycles. The molecule has 0 spiro atoms. The minimum atomic E-state index is -0.506. The summed E-state index contributed by atoms with van der Waals surface area (Å²) < 4.78 is 15.2. The van der Waals surface area contributed by atoms with Crippen molar-refractivity contribution < 1.29 is 23.8 Å². The van der Waals surface area contributed by atoms with Crippen molar-refractivity contribution in [1.82, 2.24) is 5.32 Å². The number of halogens is 2. The number of amidine groups is 1. The van der Waals surface area contributed by atoms with Crippen LogP contribution in [-0.2, 0) is 14.3 Å². The van der Waals surface area contributed by atoms with Gasteiger partial charge >= 0.3 is 5.97 Å². The molecule has 1 aliphatic heterocycles. The van der Waals surface area contributed by atoms with Gasteiger partial charge in [-0.3, -0.25) is 4.79 Å². The van der Waals surface area contributed by atoms with E-state index in [-0.39, 0.29) is 12.5 Å². The van der Waals surface area contributed by atoms with Gasteiger partial charge < -0.3 is 19.5 Å². The van der Waals surface area contributed by atoms with Crippen LogP contribution in [0.3, 0.4) is 0 Å². The van der Waals surface area contributed by atoms with Gasteiger partial charge in [0.25, 0.3) is 5.91 Å². The molecule has 2 aromatic carbocycles. The molecule has 1 N–H and O–H groups in total. The van der Waals surface area contributed by atoms with Gasteiger partial charge in [0.2, 0.25) is 0 Å². The van der Waals surface area contributed by atoms with Crippen molar-refractivity contribution in [2.45, 2.75) is 0 Å². The first-order valence-electron chi connectivity index (χ1n) is 8.52. The smallest absolute Gasteiger partial charge is 0.343 e. The van der Waals surface area contributed by atoms with Crippen LogP contribution in [0.1, 0.15) is 5.56 Å². The maximum Gasteiger partial charge on any atom is 0.343 e. The van der Waals surface area contributed by atoms with Gasteiger partial charge in [0, 0.05) is 0 Å². The molecule has 1 heterocycles. The first-order chi connectivity index (χ1) is 14.4. The number of benzene rings is 2. The summed E-state index contributed by atoms with van der Waals surface area (Å²) >= 11 is 13.3. The summed E-state index contributed by atoms with van der Waals surface area (Å²) in [5, 5.41) is 3.78. The first-order valence-corrected chi connectivity index (χ1v) is 10.1. The van der Waals surface area contributed by atoms with Crippen molar-refractivity contribution in [1.29, 1.82) is 0 Å². The number of methoxy groups -OCH3 is 2. The molecule has 1 fully saturated rings. The molecule has 3 rings (SSSR count). The van der Waals surface area contributed by atoms with Crippen LogP contribution in [0.4, 0.5) is 5.69 Å². The lowest BCUT2D eigenvalue weighted by Gasteiger charge is -2.10. The second-order valence-electron chi connectivity index (χ2n) is 5.83. The van der Waals surface area contributed by atoms with E-state index >= 15 is 0 Å². The lowest BCUT2D eigenvalue weighted by Crippen LogP contribution is -2.19. The normalized spacial score (nSPS) is 15.9. The van der Waals surface area contributed by atoms with Crippen molar-refractivity contribution in [3.8, 4) is 11.5 Å². The molecule has 1 amide bonds. The fraction of sp³-hybridized carbons (Fsp3) is 0.150. The second kappa shape index (κ2) is 9.88. The molecule has 0 aliphatic carbocycles. The van der Waals surface area contributed by atoms with Crippen molar-refractivity contribution in [3.63, 3.8) is 0 Å². The van der Waals surface area contributed by atoms with E-state index in [1.165, 1.54) is 26.0 Å². The zero-order valence-electron chi connectivity index (χ0n) is 15.9. The highest BCUT2D eigenvalue weighted by Gasteiger charge is 2.24. The van der Waals surface area contributed by atoms with Crippen LogP contribution >= 0.6 is 35.0 Å². The molecule has 2 aromatic rings. The molecule has 0 bridgehead atoms. The van der Waals surface area contributed by atoms with E-state index in [1.807, 2.05) is 0 Å². The van der Waals surface area contributed by atoms with Gasteiger partial charge in [0.05, 0.1) is 34.9 Å². The Balaban J connectivity index is 1.79. The molecular weight excluding hydrogens is 451 g/mol. The number of aliphatic imine (C=N–C) groups is 1. The average molecular weight is 467 g/mol. The summed E-state index contributed by atoms with van der Waals surface area (Å²) in [7, 11) is 2.76. The predicted molar refractivity (Wildman–Crippen MR) is 118 cm³/mol. The lowest BCUT2D eigenvalue weighted by atomic mass is 10.2. The molecule has 0 radical (unpaired) electrons. The van der Waals surface area contributed by atoms with Gasteiger partial charge in [-0.2, -0.15) is 0 Å². The zero-order valence-corrected chi connectivity index (χ0v) is 18.2. The van der Waals surface area contributed by atoms with E-state index in [2.05, 4.69) is 15.0 Å². The standard InChI is InChI=1S/C20H16Cl2N2O5S/c1-27-15-8-11(6-7-14(15)29-10-17(25)28-2)9-16-19(26)24-20(30-16)23-13-5-3-4-12(21)18(13)22/h3-9H,10H2,1-2H3,(H,23,24,26)/b16-9+. The average Bonchev–Trinajstić information content (AvgIpc) is 3.08. The van der Waals surface area contributed by atoms with Gasteiger partial charge in [-0.15, -0.1) is 0 Å². The first kappa shape index (κ1) is 22.0. The third kappa shape index (κ3) is 5.27. The number of carbonyl (C=O) groups excluding carboxylic acids is 2. The number of carbonyl (C=O) groups is 2. The Morgan fingerprint density at radius 1 is 1.20 bits per heavy atom. The van der Waals surface area contributed by atoms with Gasteiger partial charge in [-0.25, -0.2) is 9.79 Å². The minimum absolute atomic E-state index is 0.239. The molecule has 1 aliphatic rings. The Kier molecular flexibility index (Phi) is 7.25. The summed E-state index contributed by atoms with van der Waals surface area (Å²) in [6, 6.07) is 10.2. The molecule has 10 heteroatoms. The highest BCUT2D eigenvalue weighted by atomic mass is 35.5. The van der Waals surface area contributed by atoms with Gasteiger partial charge in [-0.05, 0) is 47.7 Å². The predicted octanol–water partition coefficient (Wildman–Crippen LogP) is 4.45. The number of rotatable bonds is 6. The summed E-state index contributed by atoms with van der Waals surface area (Å²) in [6.07, 6.45) is 1.69. The largest absolute Gasteiger partial charge is 0.493 e. The van der Waals surface area contributed by atoms with E-state index in [0.29, 0.717) is 42.9 Å². The minimum Gasteiger partial charge on any atom is -0.493 e. The van der Waals surface area contributed by atoms with Crippen LogP contribution in [0.5, 0.6) is 11.5 Å². The number of thioether (sulfide) groups is 1. The van der Waals surface area contributed by atoms with Crippen LogP contribution in [0, 0.1) is 0 Å². The molecule has 1 saturated heterocycles. The highest BCUT2D eigenvalue weighted by molar-refractivity contribution is 8.18. The van der Waals surface area contributed by atoms with Gasteiger partial charge in [0.15, 0.2) is 23.3 Å². The van der Waals surface area contributed by atoms with Crippen LogP contribution in [0.25, 0.3) is 6.08 Å². The number of nitrogens with zero attached hydrogens (tertiary/aromatic N) is 1. The molecular formula is C20H16Cl2N2O5S. The maximum absolute atomic E-state index is 12.3. The SMILES string of the molecule is COC(=O)COc1ccc(/C=C2/SC(=Nc3cccc(Cl)c3Cl)NC2=O)cc1OC. The van der Waals surface area contributed by atoms with E-state index < -0.39 is 5.97 Å². The maximum atomic E-state index is 12.3. The van der Waals surface area contributed by atoms with Gasteiger partial charge in [0.1, 0.15) is 0 Å². The fourth-order valence-electron chi connectivity index (χ4n) is 2.41. The quantitative estimate of drug-likeness (QED) is 0.499. The molecule has 0 atom stereocenters. The van der Waals surface area contributed by atoms with Gasteiger partial charge in [-0.1, -0.05) is 35.3 Å². The lowest BCUT2D eigenvalue weighted by molar-refractivity contribution is -0.142. The Morgan fingerprint density at radius 3 is 2.73 bits per heavy atom. The van der Waals surface area contributed by atoms with Crippen molar-refractivity contribution in [3.05, 3.63) is 56.9 Å². The molecule has 0 saturated carbocycles. The van der Waals surface area contributed by atoms with Crippen LogP contribution in [0.15, 0.2) is 46.3 Å². The molecule has 30 heavy (non-hydrogen) atoms. The third-order valence-electron chi connectivity index (χ3n) is 3.86. The van der Waals surface area contributed by atoms with Crippen molar-refractivity contribution >= 4 is 63.8 Å². The Hall–Kier alpha value is -2.68. The van der Waals surface area contributed by atoms with Crippen LogP contribution in [-0.4, -0.2) is 37.9 Å². The Bertz CT molecular complexity index is 1060. The summed E-state index contributed by atoms with van der Waals surface area (Å²) in [5.74, 6) is -0.00142. The summed E-state index contributed by atoms with van der Waals surface area (Å²) in [5.41, 5.74) is 1.17. The highest BCUT2D eigenvalue weighted by Crippen LogP contribution is 2.35. The van der Waals surface area contributed by atoms with Crippen molar-refractivity contribution in [2.24, 2.45) is 4.99 Å². The number of ether oxygens (including phenoxy) is 3. The number of hydrogen-bond donors (Lipinski definition) is 1. The Labute approximate surface area is 187 Å². The van der Waals surface area contributed by atoms with Crippen LogP contribution in [0.2, 0.25) is 10.0 Å². The molecule has 0 unspecified atom stereocenters. The topological polar surface area (TPSA) is 86.2 Å². The third-order valence-corrected chi connectivity index (χ3v) is 5.58. The number of nitrogens with one attached hydrogen (secondary N) is 1. The number of hydrogen-bond acceptors (Lipinski definition) is 7. The Morgan fingerprint density at radius 2 is 2.00 bits per heavy atom. The van der Waals surface area contributed by atoms with Crippen LogP contribution < -0.4 is 14.8 Å².